The van der Waals surface area contributed by atoms with Gasteiger partial charge in [0.1, 0.15) is 0 Å². The third kappa shape index (κ3) is 3.14. The summed E-state index contributed by atoms with van der Waals surface area (Å²) < 4.78 is 6.32. The molecule has 0 bridgehead atoms. The minimum absolute atomic E-state index is 0.0802. The molecule has 0 fully saturated rings. The highest BCUT2D eigenvalue weighted by atomic mass is 28.4. The third-order valence-corrected chi connectivity index (χ3v) is 9.40. The van der Waals surface area contributed by atoms with Gasteiger partial charge in [-0.05, 0) is 36.5 Å². The van der Waals surface area contributed by atoms with Crippen LogP contribution in [0.15, 0.2) is 23.3 Å². The van der Waals surface area contributed by atoms with E-state index in [1.165, 1.54) is 5.57 Å². The molecule has 20 heavy (non-hydrogen) atoms. The number of rotatable bonds is 4. The average Bonchev–Trinajstić information content (AvgIpc) is 2.49. The summed E-state index contributed by atoms with van der Waals surface area (Å²) in [6.45, 7) is 22.0. The second kappa shape index (κ2) is 5.61. The summed E-state index contributed by atoms with van der Waals surface area (Å²) in [6, 6.07) is 0. The molecule has 2 nitrogen and oxygen atoms in total. The normalized spacial score (nSPS) is 21.4. The Bertz CT molecular complexity index is 450. The zero-order chi connectivity index (χ0) is 15.9. The van der Waals surface area contributed by atoms with Crippen LogP contribution in [0.4, 0.5) is 0 Å². The second-order valence-corrected chi connectivity index (χ2v) is 12.5. The first kappa shape index (κ1) is 17.4. The summed E-state index contributed by atoms with van der Waals surface area (Å²) >= 11 is 0. The maximum atomic E-state index is 12.2. The van der Waals surface area contributed by atoms with Gasteiger partial charge < -0.3 is 4.43 Å². The van der Waals surface area contributed by atoms with E-state index in [9.17, 15) is 4.79 Å². The Morgan fingerprint density at radius 3 is 2.20 bits per heavy atom. The first-order valence-electron chi connectivity index (χ1n) is 7.48. The van der Waals surface area contributed by atoms with Gasteiger partial charge >= 0.3 is 0 Å². The highest BCUT2D eigenvalue weighted by Crippen LogP contribution is 2.41. The highest BCUT2D eigenvalue weighted by molar-refractivity contribution is 6.74. The number of hydrogen-bond acceptors (Lipinski definition) is 2. The largest absolute Gasteiger partial charge is 0.416 e. The SMILES string of the molecule is C=C1C(=O)C(C)=C(C(C)C)C1CO[Si](C)(C)C(C)(C)C. The van der Waals surface area contributed by atoms with Crippen LogP contribution in [-0.4, -0.2) is 20.7 Å². The summed E-state index contributed by atoms with van der Waals surface area (Å²) in [5.74, 6) is 0.570. The van der Waals surface area contributed by atoms with Crippen molar-refractivity contribution >= 4 is 14.1 Å². The lowest BCUT2D eigenvalue weighted by Crippen LogP contribution is -2.42. The first-order valence-corrected chi connectivity index (χ1v) is 10.4. The van der Waals surface area contributed by atoms with Crippen LogP contribution in [0.2, 0.25) is 18.1 Å². The molecule has 3 heteroatoms. The zero-order valence-corrected chi connectivity index (χ0v) is 15.4. The number of allylic oxidation sites excluding steroid dienone is 1. The van der Waals surface area contributed by atoms with Crippen LogP contribution in [0.3, 0.4) is 0 Å². The van der Waals surface area contributed by atoms with Crippen molar-refractivity contribution in [3.8, 4) is 0 Å². The van der Waals surface area contributed by atoms with Crippen molar-refractivity contribution < 1.29 is 9.22 Å². The number of ketones is 1. The molecule has 0 aromatic carbocycles. The van der Waals surface area contributed by atoms with Gasteiger partial charge in [-0.1, -0.05) is 46.8 Å². The van der Waals surface area contributed by atoms with Gasteiger partial charge in [0.25, 0.3) is 0 Å². The minimum atomic E-state index is -1.79. The van der Waals surface area contributed by atoms with Crippen molar-refractivity contribution in [3.05, 3.63) is 23.3 Å². The molecule has 0 heterocycles. The van der Waals surface area contributed by atoms with E-state index in [-0.39, 0.29) is 16.7 Å². The van der Waals surface area contributed by atoms with Gasteiger partial charge in [-0.25, -0.2) is 0 Å². The van der Waals surface area contributed by atoms with Gasteiger partial charge in [-0.2, -0.15) is 0 Å². The highest BCUT2D eigenvalue weighted by Gasteiger charge is 2.40. The molecule has 114 valence electrons. The van der Waals surface area contributed by atoms with Gasteiger partial charge in [0, 0.05) is 18.1 Å². The summed E-state index contributed by atoms with van der Waals surface area (Å²) in [5.41, 5.74) is 2.82. The van der Waals surface area contributed by atoms with Gasteiger partial charge in [0.2, 0.25) is 0 Å². The first-order chi connectivity index (χ1) is 8.90. The number of carbonyl (C=O) groups is 1. The van der Waals surface area contributed by atoms with E-state index in [0.29, 0.717) is 18.1 Å². The molecule has 1 aliphatic carbocycles. The van der Waals surface area contributed by atoms with Gasteiger partial charge in [-0.15, -0.1) is 0 Å². The molecule has 0 aromatic heterocycles. The number of Topliss-reactive ketones (excluding diaryl/α,β-unsaturated/α-hetero) is 1. The quantitative estimate of drug-likeness (QED) is 0.553. The Hall–Kier alpha value is -0.673. The molecule has 0 aromatic rings. The third-order valence-electron chi connectivity index (χ3n) is 4.90. The molecular weight excluding hydrogens is 264 g/mol. The van der Waals surface area contributed by atoms with E-state index in [4.69, 9.17) is 4.43 Å². The Labute approximate surface area is 125 Å². The van der Waals surface area contributed by atoms with Crippen LogP contribution >= 0.6 is 0 Å². The Morgan fingerprint density at radius 1 is 1.30 bits per heavy atom. The maximum absolute atomic E-state index is 12.2. The predicted octanol–water partition coefficient (Wildman–Crippen LogP) is 4.74. The fourth-order valence-electron chi connectivity index (χ4n) is 2.51. The lowest BCUT2D eigenvalue weighted by Gasteiger charge is -2.37. The van der Waals surface area contributed by atoms with Crippen molar-refractivity contribution in [3.63, 3.8) is 0 Å². The fraction of sp³-hybridized carbons (Fsp3) is 0.706. The van der Waals surface area contributed by atoms with Crippen molar-refractivity contribution in [2.75, 3.05) is 6.61 Å². The van der Waals surface area contributed by atoms with Gasteiger partial charge in [-0.3, -0.25) is 4.79 Å². The van der Waals surface area contributed by atoms with Gasteiger partial charge in [0.05, 0.1) is 0 Å². The van der Waals surface area contributed by atoms with Crippen LogP contribution in [-0.2, 0) is 9.22 Å². The van der Waals surface area contributed by atoms with E-state index < -0.39 is 8.32 Å². The Morgan fingerprint density at radius 2 is 1.80 bits per heavy atom. The van der Waals surface area contributed by atoms with Crippen molar-refractivity contribution in [2.24, 2.45) is 11.8 Å². The predicted molar refractivity (Wildman–Crippen MR) is 88.3 cm³/mol. The molecule has 1 aliphatic rings. The molecule has 1 rings (SSSR count). The van der Waals surface area contributed by atoms with E-state index >= 15 is 0 Å². The molecule has 0 spiro atoms. The summed E-state index contributed by atoms with van der Waals surface area (Å²) in [6.07, 6.45) is 0. The number of carbonyl (C=O) groups excluding carboxylic acids is 1. The van der Waals surface area contributed by atoms with Crippen LogP contribution in [0, 0.1) is 11.8 Å². The topological polar surface area (TPSA) is 26.3 Å². The lowest BCUT2D eigenvalue weighted by molar-refractivity contribution is -0.112. The summed E-state index contributed by atoms with van der Waals surface area (Å²) in [4.78, 5) is 12.2. The molecule has 0 saturated carbocycles. The molecule has 0 N–H and O–H groups in total. The van der Waals surface area contributed by atoms with Crippen LogP contribution in [0.5, 0.6) is 0 Å². The zero-order valence-electron chi connectivity index (χ0n) is 14.4. The van der Waals surface area contributed by atoms with Crippen molar-refractivity contribution in [1.29, 1.82) is 0 Å². The Balaban J connectivity index is 2.93. The van der Waals surface area contributed by atoms with Crippen LogP contribution in [0.25, 0.3) is 0 Å². The minimum Gasteiger partial charge on any atom is -0.416 e. The lowest BCUT2D eigenvalue weighted by atomic mass is 9.90. The molecule has 1 atom stereocenters. The van der Waals surface area contributed by atoms with E-state index in [2.05, 4.69) is 54.3 Å². The monoisotopic (exact) mass is 294 g/mol. The smallest absolute Gasteiger partial charge is 0.192 e. The van der Waals surface area contributed by atoms with E-state index in [0.717, 1.165) is 5.57 Å². The molecule has 0 saturated heterocycles. The van der Waals surface area contributed by atoms with Gasteiger partial charge in [0.15, 0.2) is 14.1 Å². The Kier molecular flexibility index (Phi) is 4.87. The maximum Gasteiger partial charge on any atom is 0.192 e. The average molecular weight is 295 g/mol. The van der Waals surface area contributed by atoms with Crippen molar-refractivity contribution in [1.82, 2.24) is 0 Å². The van der Waals surface area contributed by atoms with E-state index in [1.54, 1.807) is 0 Å². The fourth-order valence-corrected chi connectivity index (χ4v) is 3.53. The number of hydrogen-bond donors (Lipinski definition) is 0. The second-order valence-electron chi connectivity index (χ2n) is 7.71. The molecule has 1 unspecified atom stereocenters. The standard InChI is InChI=1S/C17H30O2Si/c1-11(2)15-13(4)16(18)12(3)14(15)10-19-20(8,9)17(5,6)7/h11,14H,3,10H2,1-2,4-9H3. The molecular formula is C17H30O2Si. The van der Waals surface area contributed by atoms with Crippen LogP contribution < -0.4 is 0 Å². The molecule has 0 radical (unpaired) electrons. The van der Waals surface area contributed by atoms with Crippen LogP contribution in [0.1, 0.15) is 41.5 Å². The summed E-state index contributed by atoms with van der Waals surface area (Å²) in [5, 5.41) is 0.188. The molecule has 0 amide bonds. The van der Waals surface area contributed by atoms with Crippen molar-refractivity contribution in [2.45, 2.75) is 59.7 Å². The van der Waals surface area contributed by atoms with E-state index in [1.807, 2.05) is 6.92 Å². The summed E-state index contributed by atoms with van der Waals surface area (Å²) in [7, 11) is -1.79. The molecule has 0 aliphatic heterocycles.